The van der Waals surface area contributed by atoms with Crippen molar-refractivity contribution in [2.24, 2.45) is 0 Å². The second kappa shape index (κ2) is 8.72. The molecule has 0 bridgehead atoms. The standard InChI is InChI=1S/C22H20N2O2.C4H4O4/c1-24-11-15(13-5-6-20-21(9-13)26-12-25-20)7-17-16-3-2-4-18-22(16)14(10-23-18)8-19(17)24;5-3(6)1-2-4(7)8/h2-7,9-10,15,19,23H,8,11-12H2,1H3;1-2H,(H,5,6)(H,7,8)/b;2-1-/t15-,19-;/m1./s1. The third kappa shape index (κ3) is 4.04. The normalized spacial score (nSPS) is 20.4. The molecule has 3 aromatic rings. The van der Waals surface area contributed by atoms with Crippen LogP contribution in [0.1, 0.15) is 22.6 Å². The molecule has 3 N–H and O–H groups in total. The van der Waals surface area contributed by atoms with E-state index in [2.05, 4.69) is 59.5 Å². The summed E-state index contributed by atoms with van der Waals surface area (Å²) in [4.78, 5) is 25.0. The SMILES string of the molecule is CN1C[C@H](c2ccc3c(c2)OCO3)C=C2c3cccc4[nH]cc(c34)C[C@H]21.O=C(O)/C=C\C(=O)O. The lowest BCUT2D eigenvalue weighted by Gasteiger charge is -2.40. The van der Waals surface area contributed by atoms with Gasteiger partial charge in [-0.15, -0.1) is 0 Å². The fraction of sp³-hybridized carbons (Fsp3) is 0.231. The highest BCUT2D eigenvalue weighted by molar-refractivity contribution is 5.98. The Labute approximate surface area is 195 Å². The van der Waals surface area contributed by atoms with Crippen molar-refractivity contribution in [3.63, 3.8) is 0 Å². The lowest BCUT2D eigenvalue weighted by atomic mass is 9.78. The Morgan fingerprint density at radius 3 is 2.62 bits per heavy atom. The van der Waals surface area contributed by atoms with Crippen LogP contribution in [0.2, 0.25) is 0 Å². The molecule has 0 radical (unpaired) electrons. The molecule has 1 aliphatic carbocycles. The third-order valence-corrected chi connectivity index (χ3v) is 6.46. The second-order valence-electron chi connectivity index (χ2n) is 8.55. The lowest BCUT2D eigenvalue weighted by Crippen LogP contribution is -2.41. The largest absolute Gasteiger partial charge is 0.478 e. The van der Waals surface area contributed by atoms with Crippen molar-refractivity contribution in [3.05, 3.63) is 77.5 Å². The molecule has 0 unspecified atom stereocenters. The second-order valence-corrected chi connectivity index (χ2v) is 8.55. The summed E-state index contributed by atoms with van der Waals surface area (Å²) in [5, 5.41) is 17.0. The molecular formula is C26H24N2O6. The zero-order chi connectivity index (χ0) is 23.8. The molecule has 8 nitrogen and oxygen atoms in total. The van der Waals surface area contributed by atoms with Gasteiger partial charge in [0.25, 0.3) is 0 Å². The summed E-state index contributed by atoms with van der Waals surface area (Å²) in [6, 6.07) is 13.4. The van der Waals surface area contributed by atoms with Gasteiger partial charge in [-0.3, -0.25) is 4.90 Å². The molecule has 0 amide bonds. The van der Waals surface area contributed by atoms with Crippen LogP contribution in [-0.4, -0.2) is 58.5 Å². The highest BCUT2D eigenvalue weighted by Crippen LogP contribution is 2.43. The number of hydrogen-bond donors (Lipinski definition) is 3. The fourth-order valence-electron chi connectivity index (χ4n) is 4.94. The zero-order valence-corrected chi connectivity index (χ0v) is 18.5. The van der Waals surface area contributed by atoms with Crippen molar-refractivity contribution in [2.75, 3.05) is 20.4 Å². The minimum atomic E-state index is -1.26. The molecule has 3 heterocycles. The van der Waals surface area contributed by atoms with Crippen LogP contribution in [0.3, 0.4) is 0 Å². The quantitative estimate of drug-likeness (QED) is 0.512. The molecule has 0 saturated heterocycles. The topological polar surface area (TPSA) is 112 Å². The molecule has 6 rings (SSSR count). The molecule has 1 aromatic heterocycles. The fourth-order valence-corrected chi connectivity index (χ4v) is 4.94. The number of H-pyrrole nitrogens is 1. The Bertz CT molecular complexity index is 1320. The number of carbonyl (C=O) groups is 2. The first kappa shape index (κ1) is 21.8. The predicted molar refractivity (Wildman–Crippen MR) is 126 cm³/mol. The summed E-state index contributed by atoms with van der Waals surface area (Å²) in [7, 11) is 2.25. The van der Waals surface area contributed by atoms with Crippen molar-refractivity contribution < 1.29 is 29.3 Å². The minimum absolute atomic E-state index is 0.324. The summed E-state index contributed by atoms with van der Waals surface area (Å²) in [6.07, 6.45) is 6.85. The van der Waals surface area contributed by atoms with Crippen molar-refractivity contribution in [2.45, 2.75) is 18.4 Å². The van der Waals surface area contributed by atoms with Crippen LogP contribution in [0, 0.1) is 0 Å². The number of aromatic nitrogens is 1. The highest BCUT2D eigenvalue weighted by atomic mass is 16.7. The monoisotopic (exact) mass is 460 g/mol. The molecule has 0 saturated carbocycles. The van der Waals surface area contributed by atoms with Crippen molar-refractivity contribution in [1.29, 1.82) is 0 Å². The van der Waals surface area contributed by atoms with Crippen LogP contribution in [0.25, 0.3) is 16.5 Å². The summed E-state index contributed by atoms with van der Waals surface area (Å²) >= 11 is 0. The Morgan fingerprint density at radius 2 is 1.85 bits per heavy atom. The molecule has 0 fully saturated rings. The maximum atomic E-state index is 9.55. The molecule has 8 heteroatoms. The van der Waals surface area contributed by atoms with Gasteiger partial charge >= 0.3 is 11.9 Å². The van der Waals surface area contributed by atoms with Gasteiger partial charge in [0.2, 0.25) is 6.79 Å². The van der Waals surface area contributed by atoms with Crippen molar-refractivity contribution >= 4 is 28.4 Å². The van der Waals surface area contributed by atoms with Crippen LogP contribution >= 0.6 is 0 Å². The van der Waals surface area contributed by atoms with Crippen LogP contribution in [0.4, 0.5) is 0 Å². The zero-order valence-electron chi connectivity index (χ0n) is 18.5. The summed E-state index contributed by atoms with van der Waals surface area (Å²) in [5.74, 6) is -0.441. The summed E-state index contributed by atoms with van der Waals surface area (Å²) in [6.45, 7) is 1.34. The number of aromatic amines is 1. The number of likely N-dealkylation sites (N-methyl/N-ethyl adjacent to an activating group) is 1. The molecule has 174 valence electrons. The van der Waals surface area contributed by atoms with Crippen LogP contribution in [0.5, 0.6) is 11.5 Å². The van der Waals surface area contributed by atoms with Gasteiger partial charge in [-0.05, 0) is 53.9 Å². The number of aliphatic carboxylic acids is 2. The minimum Gasteiger partial charge on any atom is -0.478 e. The van der Waals surface area contributed by atoms with Crippen LogP contribution in [-0.2, 0) is 16.0 Å². The van der Waals surface area contributed by atoms with E-state index in [0.29, 0.717) is 30.9 Å². The molecule has 0 spiro atoms. The van der Waals surface area contributed by atoms with Gasteiger partial charge in [0.1, 0.15) is 0 Å². The molecule has 2 aliphatic heterocycles. The van der Waals surface area contributed by atoms with Gasteiger partial charge in [0, 0.05) is 47.8 Å². The third-order valence-electron chi connectivity index (χ3n) is 6.46. The summed E-state index contributed by atoms with van der Waals surface area (Å²) in [5.41, 5.74) is 6.81. The number of rotatable bonds is 3. The van der Waals surface area contributed by atoms with E-state index < -0.39 is 11.9 Å². The first-order valence-corrected chi connectivity index (χ1v) is 11.0. The van der Waals surface area contributed by atoms with Gasteiger partial charge in [-0.25, -0.2) is 9.59 Å². The van der Waals surface area contributed by atoms with E-state index in [9.17, 15) is 9.59 Å². The number of ether oxygens (including phenoxy) is 2. The van der Waals surface area contributed by atoms with Gasteiger partial charge in [-0.2, -0.15) is 0 Å². The average Bonchev–Trinajstić information content (AvgIpc) is 3.46. The van der Waals surface area contributed by atoms with E-state index in [-0.39, 0.29) is 0 Å². The summed E-state index contributed by atoms with van der Waals surface area (Å²) < 4.78 is 11.1. The molecule has 34 heavy (non-hydrogen) atoms. The van der Waals surface area contributed by atoms with Gasteiger partial charge < -0.3 is 24.7 Å². The smallest absolute Gasteiger partial charge is 0.328 e. The Hall–Kier alpha value is -4.04. The van der Waals surface area contributed by atoms with E-state index in [1.165, 1.54) is 33.2 Å². The van der Waals surface area contributed by atoms with Gasteiger partial charge in [-0.1, -0.05) is 24.3 Å². The Balaban J connectivity index is 0.000000262. The van der Waals surface area contributed by atoms with Gasteiger partial charge in [0.15, 0.2) is 11.5 Å². The molecule has 2 aromatic carbocycles. The van der Waals surface area contributed by atoms with E-state index in [4.69, 9.17) is 19.7 Å². The predicted octanol–water partition coefficient (Wildman–Crippen LogP) is 3.65. The van der Waals surface area contributed by atoms with Crippen LogP contribution < -0.4 is 9.47 Å². The maximum absolute atomic E-state index is 9.55. The molecular weight excluding hydrogens is 436 g/mol. The maximum Gasteiger partial charge on any atom is 0.328 e. The number of nitrogens with one attached hydrogen (secondary N) is 1. The van der Waals surface area contributed by atoms with Crippen molar-refractivity contribution in [3.8, 4) is 11.5 Å². The van der Waals surface area contributed by atoms with E-state index in [0.717, 1.165) is 24.5 Å². The number of hydrogen-bond acceptors (Lipinski definition) is 5. The number of benzene rings is 2. The van der Waals surface area contributed by atoms with E-state index in [1.807, 2.05) is 6.07 Å². The first-order chi connectivity index (χ1) is 16.4. The molecule has 2 atom stereocenters. The van der Waals surface area contributed by atoms with Crippen LogP contribution in [0.15, 0.2) is 60.8 Å². The first-order valence-electron chi connectivity index (χ1n) is 11.0. The van der Waals surface area contributed by atoms with Crippen molar-refractivity contribution in [1.82, 2.24) is 9.88 Å². The average molecular weight is 460 g/mol. The van der Waals surface area contributed by atoms with Gasteiger partial charge in [0.05, 0.1) is 0 Å². The number of carboxylic acids is 2. The number of carboxylic acid groups (broad SMARTS) is 2. The molecule has 3 aliphatic rings. The number of nitrogens with zero attached hydrogens (tertiary/aromatic N) is 1. The van der Waals surface area contributed by atoms with E-state index >= 15 is 0 Å². The highest BCUT2D eigenvalue weighted by Gasteiger charge is 2.34. The Kier molecular flexibility index (Phi) is 5.59. The lowest BCUT2D eigenvalue weighted by molar-refractivity contribution is -0.134. The number of fused-ring (bicyclic) bond motifs is 3. The Morgan fingerprint density at radius 1 is 1.09 bits per heavy atom. The van der Waals surface area contributed by atoms with E-state index in [1.54, 1.807) is 0 Å².